The van der Waals surface area contributed by atoms with E-state index in [1.807, 2.05) is 0 Å². The Hall–Kier alpha value is -0.670. The molecule has 1 atom stereocenters. The smallest absolute Gasteiger partial charge is 0.240 e. The van der Waals surface area contributed by atoms with E-state index in [-0.39, 0.29) is 0 Å². The highest BCUT2D eigenvalue weighted by Gasteiger charge is 2.70. The van der Waals surface area contributed by atoms with Gasteiger partial charge in [0.2, 0.25) is 0 Å². The normalized spacial score (nSPS) is 18.4. The molecular formula is C4F9O. The topological polar surface area (TPSA) is 9.23 Å². The van der Waals surface area contributed by atoms with Crippen molar-refractivity contribution in [2.75, 3.05) is 0 Å². The first-order chi connectivity index (χ1) is 5.90. The van der Waals surface area contributed by atoms with Crippen molar-refractivity contribution in [2.24, 2.45) is 0 Å². The Kier molecular flexibility index (Phi) is 3.31. The van der Waals surface area contributed by atoms with Gasteiger partial charge < -0.3 is 0 Å². The lowest BCUT2D eigenvalue weighted by Crippen LogP contribution is -2.49. The summed E-state index contributed by atoms with van der Waals surface area (Å²) in [6, 6.07) is 0. The summed E-state index contributed by atoms with van der Waals surface area (Å²) >= 11 is 0. The molecule has 0 amide bonds. The predicted octanol–water partition coefficient (Wildman–Crippen LogP) is 3.18. The van der Waals surface area contributed by atoms with Crippen LogP contribution in [0.25, 0.3) is 0 Å². The molecule has 1 radical (unpaired) electrons. The molecule has 1 nitrogen and oxygen atoms in total. The van der Waals surface area contributed by atoms with Crippen molar-refractivity contribution in [2.45, 2.75) is 18.4 Å². The predicted molar refractivity (Wildman–Crippen MR) is 22.5 cm³/mol. The van der Waals surface area contributed by atoms with E-state index >= 15 is 0 Å². The van der Waals surface area contributed by atoms with Gasteiger partial charge in [0.1, 0.15) is 0 Å². The van der Waals surface area contributed by atoms with Gasteiger partial charge in [0, 0.05) is 0 Å². The van der Waals surface area contributed by atoms with Crippen LogP contribution in [0.2, 0.25) is 0 Å². The first-order valence-electron chi connectivity index (χ1n) is 2.61. The van der Waals surface area contributed by atoms with Crippen LogP contribution in [0, 0.1) is 6.43 Å². The molecule has 0 fully saturated rings. The average molecular weight is 235 g/mol. The van der Waals surface area contributed by atoms with Gasteiger partial charge in [0.15, 0.2) is 0 Å². The number of hydrogen-bond donors (Lipinski definition) is 0. The lowest BCUT2D eigenvalue weighted by molar-refractivity contribution is -0.452. The van der Waals surface area contributed by atoms with Crippen LogP contribution in [0.15, 0.2) is 0 Å². The molecule has 10 heteroatoms. The minimum absolute atomic E-state index is 1.67. The minimum Gasteiger partial charge on any atom is -0.240 e. The van der Waals surface area contributed by atoms with Crippen LogP contribution >= 0.6 is 0 Å². The highest BCUT2D eigenvalue weighted by atomic mass is 19.4. The van der Waals surface area contributed by atoms with E-state index < -0.39 is 24.8 Å². The lowest BCUT2D eigenvalue weighted by Gasteiger charge is -2.26. The summed E-state index contributed by atoms with van der Waals surface area (Å²) in [5.41, 5.74) is 0. The Morgan fingerprint density at radius 1 is 0.786 bits per heavy atom. The first-order valence-corrected chi connectivity index (χ1v) is 2.61. The van der Waals surface area contributed by atoms with Crippen LogP contribution in [-0.4, -0.2) is 18.4 Å². The van der Waals surface area contributed by atoms with Crippen molar-refractivity contribution in [3.63, 3.8) is 0 Å². The Bertz CT molecular complexity index is 192. The molecule has 0 spiro atoms. The van der Waals surface area contributed by atoms with E-state index in [4.69, 9.17) is 0 Å². The largest absolute Gasteiger partial charge is 0.525 e. The van der Waals surface area contributed by atoms with E-state index in [1.165, 1.54) is 0 Å². The number of rotatable bonds is 2. The monoisotopic (exact) mass is 235 g/mol. The summed E-state index contributed by atoms with van der Waals surface area (Å²) in [5, 5.41) is 0. The highest BCUT2D eigenvalue weighted by molar-refractivity contribution is 4.92. The van der Waals surface area contributed by atoms with Gasteiger partial charge in [-0.15, -0.1) is 13.2 Å². The average Bonchev–Trinajstić information content (AvgIpc) is 1.79. The Morgan fingerprint density at radius 2 is 1.14 bits per heavy atom. The van der Waals surface area contributed by atoms with Gasteiger partial charge in [-0.3, -0.25) is 0 Å². The lowest BCUT2D eigenvalue weighted by atomic mass is 10.3. The molecule has 14 heavy (non-hydrogen) atoms. The molecular weight excluding hydrogens is 235 g/mol. The SMILES string of the molecule is F[C](F)C(F)(OC(F)(F)F)C(F)(F)F. The number of ether oxygens (including phenoxy) is 1. The van der Waals surface area contributed by atoms with Crippen molar-refractivity contribution in [3.05, 3.63) is 6.43 Å². The fourth-order valence-electron chi connectivity index (χ4n) is 0.363. The maximum absolute atomic E-state index is 12.1. The summed E-state index contributed by atoms with van der Waals surface area (Å²) in [4.78, 5) is 0. The maximum Gasteiger partial charge on any atom is 0.525 e. The molecule has 85 valence electrons. The second-order valence-electron chi connectivity index (χ2n) is 1.90. The number of alkyl halides is 7. The fourth-order valence-corrected chi connectivity index (χ4v) is 0.363. The molecule has 0 aliphatic heterocycles. The van der Waals surface area contributed by atoms with Crippen molar-refractivity contribution in [1.82, 2.24) is 0 Å². The van der Waals surface area contributed by atoms with Crippen molar-refractivity contribution in [1.29, 1.82) is 0 Å². The second-order valence-corrected chi connectivity index (χ2v) is 1.90. The molecule has 0 N–H and O–H groups in total. The van der Waals surface area contributed by atoms with E-state index in [0.29, 0.717) is 0 Å². The van der Waals surface area contributed by atoms with Crippen LogP contribution in [-0.2, 0) is 4.74 Å². The summed E-state index contributed by atoms with van der Waals surface area (Å²) in [6.45, 7) is 0. The summed E-state index contributed by atoms with van der Waals surface area (Å²) in [7, 11) is 0. The number of hydrogen-bond acceptors (Lipinski definition) is 1. The number of halogens is 9. The van der Waals surface area contributed by atoms with Gasteiger partial charge in [-0.25, -0.2) is 4.74 Å². The molecule has 0 aromatic heterocycles. The van der Waals surface area contributed by atoms with Gasteiger partial charge in [-0.1, -0.05) is 0 Å². The molecule has 0 aliphatic rings. The highest BCUT2D eigenvalue weighted by Crippen LogP contribution is 2.46. The Morgan fingerprint density at radius 3 is 1.21 bits per heavy atom. The molecule has 0 aromatic carbocycles. The van der Waals surface area contributed by atoms with Gasteiger partial charge in [0.05, 0.1) is 0 Å². The Balaban J connectivity index is 4.94. The van der Waals surface area contributed by atoms with Gasteiger partial charge >= 0.3 is 24.8 Å². The summed E-state index contributed by atoms with van der Waals surface area (Å²) in [6.07, 6.45) is -16.9. The standard InChI is InChI=1S/C4F9O/c5-1(6)2(7,3(8,9)10)14-4(11,12)13. The molecule has 0 aliphatic carbocycles. The second kappa shape index (κ2) is 3.48. The zero-order valence-corrected chi connectivity index (χ0v) is 5.81. The Labute approximate surface area is 70.4 Å². The molecule has 0 rings (SSSR count). The van der Waals surface area contributed by atoms with E-state index in [0.717, 1.165) is 0 Å². The molecule has 0 saturated carbocycles. The van der Waals surface area contributed by atoms with Gasteiger partial charge in [-0.05, 0) is 0 Å². The van der Waals surface area contributed by atoms with Crippen LogP contribution < -0.4 is 0 Å². The first kappa shape index (κ1) is 13.3. The zero-order valence-electron chi connectivity index (χ0n) is 5.81. The molecule has 0 saturated heterocycles. The van der Waals surface area contributed by atoms with Crippen molar-refractivity contribution < 1.29 is 44.3 Å². The van der Waals surface area contributed by atoms with Gasteiger partial charge in [0.25, 0.3) is 0 Å². The quantitative estimate of drug-likeness (QED) is 0.668. The van der Waals surface area contributed by atoms with Crippen molar-refractivity contribution in [3.8, 4) is 0 Å². The molecule has 0 aromatic rings. The van der Waals surface area contributed by atoms with Crippen LogP contribution in [0.3, 0.4) is 0 Å². The molecule has 1 unspecified atom stereocenters. The minimum atomic E-state index is -6.51. The third-order valence-corrected chi connectivity index (χ3v) is 0.864. The molecule has 0 bridgehead atoms. The van der Waals surface area contributed by atoms with Crippen LogP contribution in [0.4, 0.5) is 39.5 Å². The van der Waals surface area contributed by atoms with E-state index in [9.17, 15) is 39.5 Å². The maximum atomic E-state index is 12.1. The van der Waals surface area contributed by atoms with Crippen molar-refractivity contribution >= 4 is 0 Å². The third kappa shape index (κ3) is 2.93. The molecule has 0 heterocycles. The van der Waals surface area contributed by atoms with Crippen LogP contribution in [0.5, 0.6) is 0 Å². The fraction of sp³-hybridized carbons (Fsp3) is 0.750. The summed E-state index contributed by atoms with van der Waals surface area (Å²) < 4.78 is 104. The van der Waals surface area contributed by atoms with E-state index in [2.05, 4.69) is 0 Å². The van der Waals surface area contributed by atoms with E-state index in [1.54, 1.807) is 4.74 Å². The van der Waals surface area contributed by atoms with Crippen LogP contribution in [0.1, 0.15) is 0 Å². The third-order valence-electron chi connectivity index (χ3n) is 0.864. The zero-order chi connectivity index (χ0) is 11.8. The summed E-state index contributed by atoms with van der Waals surface area (Å²) in [5.74, 6) is -6.12. The van der Waals surface area contributed by atoms with Gasteiger partial charge in [-0.2, -0.15) is 26.3 Å².